The maximum Gasteiger partial charge on any atom is 0.137 e. The number of ether oxygens (including phenoxy) is 1. The number of anilines is 4. The molecule has 0 fully saturated rings. The van der Waals surface area contributed by atoms with Gasteiger partial charge in [0.25, 0.3) is 0 Å². The van der Waals surface area contributed by atoms with Crippen molar-refractivity contribution < 1.29 is 4.74 Å². The molecule has 5 heteroatoms. The molecule has 0 atom stereocenters. The zero-order valence-electron chi connectivity index (χ0n) is 38.5. The molecule has 0 N–H and O–H groups in total. The molecule has 0 unspecified atom stereocenters. The monoisotopic (exact) mass is 797 g/mol. The SMILES string of the molecule is CC(C)(C)c1cc(Oc2ccc3c4ccccc4n(-c4cc(C(C)(C)C)ccn4)c3c2)cc(N2CN(c3cccc(C(C)(C)C(C)(C)C)c3)c3ccc(C(C)(C)C)cc32)c1. The number of hydrogen-bond donors (Lipinski definition) is 0. The van der Waals surface area contributed by atoms with E-state index in [4.69, 9.17) is 9.72 Å². The van der Waals surface area contributed by atoms with Crippen LogP contribution in [-0.4, -0.2) is 16.2 Å². The summed E-state index contributed by atoms with van der Waals surface area (Å²) in [4.78, 5) is 9.86. The number of pyridine rings is 1. The van der Waals surface area contributed by atoms with Crippen LogP contribution in [0.4, 0.5) is 22.7 Å². The minimum absolute atomic E-state index is 0.00298. The van der Waals surface area contributed by atoms with E-state index in [0.29, 0.717) is 6.67 Å². The predicted molar refractivity (Wildman–Crippen MR) is 256 cm³/mol. The maximum absolute atomic E-state index is 6.98. The molecule has 0 aliphatic carbocycles. The number of benzene rings is 5. The maximum atomic E-state index is 6.98. The van der Waals surface area contributed by atoms with E-state index in [2.05, 4.69) is 227 Å². The molecule has 0 saturated heterocycles. The second-order valence-corrected chi connectivity index (χ2v) is 21.6. The second kappa shape index (κ2) is 14.3. The molecule has 0 saturated carbocycles. The average Bonchev–Trinajstić information content (AvgIpc) is 3.72. The van der Waals surface area contributed by atoms with Crippen molar-refractivity contribution in [2.45, 2.75) is 119 Å². The number of hydrogen-bond acceptors (Lipinski definition) is 4. The van der Waals surface area contributed by atoms with Crippen molar-refractivity contribution in [1.82, 2.24) is 9.55 Å². The normalized spacial score (nSPS) is 14.0. The highest BCUT2D eigenvalue weighted by Gasteiger charge is 2.36. The topological polar surface area (TPSA) is 33.5 Å². The molecule has 5 nitrogen and oxygen atoms in total. The van der Waals surface area contributed by atoms with Gasteiger partial charge in [-0.1, -0.05) is 133 Å². The summed E-state index contributed by atoms with van der Waals surface area (Å²) in [7, 11) is 0. The number of rotatable bonds is 6. The lowest BCUT2D eigenvalue weighted by atomic mass is 9.65. The summed E-state index contributed by atoms with van der Waals surface area (Å²) in [6.07, 6.45) is 1.93. The first-order valence-electron chi connectivity index (χ1n) is 21.6. The first kappa shape index (κ1) is 41.2. The standard InChI is InChI=1S/C55H64N4O/c1-51(2,3)36-22-25-47-49(31-36)58(35-57(47)40-19-17-18-38(28-40)55(13,14)54(10,11)12)41-29-39(53(7,8)9)30-43(33-41)60-42-23-24-45-44-20-15-16-21-46(44)59(48(45)34-42)50-32-37(26-27-56-50)52(4,5)6/h15-34H,35H2,1-14H3. The van der Waals surface area contributed by atoms with Gasteiger partial charge in [0.2, 0.25) is 0 Å². The Balaban J connectivity index is 1.24. The van der Waals surface area contributed by atoms with Crippen molar-refractivity contribution >= 4 is 44.6 Å². The van der Waals surface area contributed by atoms with Crippen molar-refractivity contribution in [3.8, 4) is 17.3 Å². The molecule has 60 heavy (non-hydrogen) atoms. The number of para-hydroxylation sites is 1. The molecule has 0 radical (unpaired) electrons. The molecule has 1 aliphatic rings. The Labute approximate surface area is 359 Å². The highest BCUT2D eigenvalue weighted by molar-refractivity contribution is 6.09. The smallest absolute Gasteiger partial charge is 0.137 e. The van der Waals surface area contributed by atoms with Gasteiger partial charge in [-0.25, -0.2) is 4.98 Å². The van der Waals surface area contributed by atoms with E-state index in [1.807, 2.05) is 6.20 Å². The van der Waals surface area contributed by atoms with E-state index in [-0.39, 0.29) is 27.1 Å². The molecule has 0 amide bonds. The van der Waals surface area contributed by atoms with Gasteiger partial charge in [0.05, 0.1) is 22.4 Å². The molecule has 8 rings (SSSR count). The van der Waals surface area contributed by atoms with E-state index >= 15 is 0 Å². The summed E-state index contributed by atoms with van der Waals surface area (Å²) in [5.74, 6) is 2.50. The van der Waals surface area contributed by atoms with Crippen LogP contribution < -0.4 is 14.5 Å². The van der Waals surface area contributed by atoms with Crippen LogP contribution in [0.15, 0.2) is 121 Å². The Morgan fingerprint density at radius 3 is 1.82 bits per heavy atom. The van der Waals surface area contributed by atoms with Gasteiger partial charge >= 0.3 is 0 Å². The van der Waals surface area contributed by atoms with Gasteiger partial charge in [-0.05, 0) is 116 Å². The zero-order valence-corrected chi connectivity index (χ0v) is 38.5. The minimum Gasteiger partial charge on any atom is -0.457 e. The molecular weight excluding hydrogens is 733 g/mol. The van der Waals surface area contributed by atoms with Gasteiger partial charge < -0.3 is 14.5 Å². The Morgan fingerprint density at radius 2 is 1.12 bits per heavy atom. The fourth-order valence-electron chi connectivity index (χ4n) is 8.30. The first-order valence-corrected chi connectivity index (χ1v) is 21.6. The van der Waals surface area contributed by atoms with Crippen LogP contribution in [0, 0.1) is 5.41 Å². The van der Waals surface area contributed by atoms with Gasteiger partial charge in [-0.15, -0.1) is 0 Å². The second-order valence-electron chi connectivity index (χ2n) is 21.6. The number of fused-ring (bicyclic) bond motifs is 4. The summed E-state index contributed by atoms with van der Waals surface area (Å²) >= 11 is 0. The highest BCUT2D eigenvalue weighted by atomic mass is 16.5. The number of nitrogens with zero attached hydrogens (tertiary/aromatic N) is 4. The summed E-state index contributed by atoms with van der Waals surface area (Å²) in [5, 5.41) is 2.36. The van der Waals surface area contributed by atoms with Crippen molar-refractivity contribution in [2.75, 3.05) is 16.5 Å². The lowest BCUT2D eigenvalue weighted by Gasteiger charge is -2.40. The van der Waals surface area contributed by atoms with E-state index in [9.17, 15) is 0 Å². The minimum atomic E-state index is -0.114. The van der Waals surface area contributed by atoms with E-state index in [1.54, 1.807) is 0 Å². The first-order chi connectivity index (χ1) is 28.0. The van der Waals surface area contributed by atoms with Crippen LogP contribution in [0.1, 0.15) is 119 Å². The fraction of sp³-hybridized carbons (Fsp3) is 0.364. The molecule has 7 aromatic rings. The van der Waals surface area contributed by atoms with Gasteiger partial charge in [0.1, 0.15) is 24.0 Å². The predicted octanol–water partition coefficient (Wildman–Crippen LogP) is 15.4. The van der Waals surface area contributed by atoms with Crippen molar-refractivity contribution in [3.05, 3.63) is 144 Å². The van der Waals surface area contributed by atoms with Crippen LogP contribution in [0.25, 0.3) is 27.6 Å². The van der Waals surface area contributed by atoms with Gasteiger partial charge in [-0.2, -0.15) is 0 Å². The molecular formula is C55H64N4O. The summed E-state index contributed by atoms with van der Waals surface area (Å²) in [6.45, 7) is 32.9. The van der Waals surface area contributed by atoms with Gasteiger partial charge in [0, 0.05) is 40.5 Å². The molecule has 5 aromatic carbocycles. The van der Waals surface area contributed by atoms with Crippen LogP contribution in [0.3, 0.4) is 0 Å². The third kappa shape index (κ3) is 7.46. The third-order valence-electron chi connectivity index (χ3n) is 13.3. The average molecular weight is 797 g/mol. The van der Waals surface area contributed by atoms with Crippen molar-refractivity contribution in [2.24, 2.45) is 5.41 Å². The van der Waals surface area contributed by atoms with Crippen molar-refractivity contribution in [1.29, 1.82) is 0 Å². The largest absolute Gasteiger partial charge is 0.457 e. The highest BCUT2D eigenvalue weighted by Crippen LogP contribution is 2.49. The third-order valence-corrected chi connectivity index (χ3v) is 13.3. The summed E-state index contributed by atoms with van der Waals surface area (Å²) < 4.78 is 9.26. The van der Waals surface area contributed by atoms with E-state index in [1.165, 1.54) is 50.1 Å². The molecule has 0 spiro atoms. The Bertz CT molecular complexity index is 2740. The fourth-order valence-corrected chi connectivity index (χ4v) is 8.30. The van der Waals surface area contributed by atoms with Crippen molar-refractivity contribution in [3.63, 3.8) is 0 Å². The van der Waals surface area contributed by atoms with Crippen LogP contribution in [0.5, 0.6) is 11.5 Å². The Kier molecular flexibility index (Phi) is 9.81. The molecule has 1 aliphatic heterocycles. The Hall–Kier alpha value is -5.55. The molecule has 310 valence electrons. The van der Waals surface area contributed by atoms with Crippen LogP contribution >= 0.6 is 0 Å². The Morgan fingerprint density at radius 1 is 0.467 bits per heavy atom. The van der Waals surface area contributed by atoms with Crippen LogP contribution in [-0.2, 0) is 21.7 Å². The molecule has 3 heterocycles. The zero-order chi connectivity index (χ0) is 43.2. The van der Waals surface area contributed by atoms with E-state index < -0.39 is 0 Å². The van der Waals surface area contributed by atoms with Gasteiger partial charge in [-0.3, -0.25) is 4.57 Å². The van der Waals surface area contributed by atoms with Crippen LogP contribution in [0.2, 0.25) is 0 Å². The molecule has 0 bridgehead atoms. The van der Waals surface area contributed by atoms with E-state index in [0.717, 1.165) is 34.0 Å². The molecule has 2 aromatic heterocycles. The van der Waals surface area contributed by atoms with Gasteiger partial charge in [0.15, 0.2) is 0 Å². The summed E-state index contributed by atoms with van der Waals surface area (Å²) in [5.41, 5.74) is 12.0. The number of aromatic nitrogens is 2. The lowest BCUT2D eigenvalue weighted by molar-refractivity contribution is 0.225. The quantitative estimate of drug-likeness (QED) is 0.168. The summed E-state index contributed by atoms with van der Waals surface area (Å²) in [6, 6.07) is 42.4. The lowest BCUT2D eigenvalue weighted by Crippen LogP contribution is -2.34.